The minimum absolute atomic E-state index is 0.165. The molecular formula is C26H38N2O2. The Balaban J connectivity index is 2.38. The van der Waals surface area contributed by atoms with Crippen LogP contribution in [0.15, 0.2) is 54.6 Å². The molecule has 0 saturated carbocycles. The van der Waals surface area contributed by atoms with Gasteiger partial charge in [-0.05, 0) is 77.0 Å². The smallest absolute Gasteiger partial charge is 0.183 e. The standard InChI is InChI=1S/C26H38N2O2/c1-8-25(4,30-7)28(10-3)23-18-16-22(17-19-23)24(29)26(9-2,27(5)6)20-21-14-12-11-13-15-21/h11-19H,8-10,20H2,1-7H3. The number of nitrogens with zero attached hydrogens (tertiary/aromatic N) is 2. The maximum Gasteiger partial charge on any atom is 0.183 e. The van der Waals surface area contributed by atoms with Crippen LogP contribution in [0.3, 0.4) is 0 Å². The van der Waals surface area contributed by atoms with Gasteiger partial charge >= 0.3 is 0 Å². The Bertz CT molecular complexity index is 798. The number of methoxy groups -OCH3 is 1. The summed E-state index contributed by atoms with van der Waals surface area (Å²) >= 11 is 0. The van der Waals surface area contributed by atoms with E-state index in [1.54, 1.807) is 7.11 Å². The number of ketones is 1. The molecule has 4 nitrogen and oxygen atoms in total. The van der Waals surface area contributed by atoms with E-state index >= 15 is 0 Å². The third-order valence-corrected chi connectivity index (χ3v) is 6.63. The van der Waals surface area contributed by atoms with E-state index < -0.39 is 5.54 Å². The van der Waals surface area contributed by atoms with Crippen molar-refractivity contribution in [2.24, 2.45) is 0 Å². The van der Waals surface area contributed by atoms with Crippen molar-refractivity contribution in [1.29, 1.82) is 0 Å². The SMILES string of the molecule is CCN(c1ccc(C(=O)C(CC)(Cc2ccccc2)N(C)C)cc1)C(C)(CC)OC. The summed E-state index contributed by atoms with van der Waals surface area (Å²) in [6, 6.07) is 18.3. The highest BCUT2D eigenvalue weighted by molar-refractivity contribution is 6.03. The summed E-state index contributed by atoms with van der Waals surface area (Å²) in [4.78, 5) is 18.0. The van der Waals surface area contributed by atoms with Crippen LogP contribution >= 0.6 is 0 Å². The van der Waals surface area contributed by atoms with Crippen LogP contribution in [0.1, 0.15) is 56.5 Å². The summed E-state index contributed by atoms with van der Waals surface area (Å²) in [5, 5.41) is 0. The molecule has 2 aromatic rings. The maximum absolute atomic E-state index is 13.7. The Morgan fingerprint density at radius 2 is 1.53 bits per heavy atom. The van der Waals surface area contributed by atoms with Crippen molar-refractivity contribution < 1.29 is 9.53 Å². The second-order valence-electron chi connectivity index (χ2n) is 8.29. The molecule has 0 N–H and O–H groups in total. The van der Waals surface area contributed by atoms with Gasteiger partial charge in [0.15, 0.2) is 5.78 Å². The van der Waals surface area contributed by atoms with E-state index in [9.17, 15) is 4.79 Å². The summed E-state index contributed by atoms with van der Waals surface area (Å²) in [5.74, 6) is 0.165. The van der Waals surface area contributed by atoms with Gasteiger partial charge in [-0.1, -0.05) is 44.2 Å². The van der Waals surface area contributed by atoms with Crippen molar-refractivity contribution in [2.75, 3.05) is 32.6 Å². The van der Waals surface area contributed by atoms with E-state index in [0.29, 0.717) is 6.42 Å². The minimum Gasteiger partial charge on any atom is -0.359 e. The lowest BCUT2D eigenvalue weighted by molar-refractivity contribution is 0.000762. The summed E-state index contributed by atoms with van der Waals surface area (Å²) < 4.78 is 5.79. The fraction of sp³-hybridized carbons (Fsp3) is 0.500. The molecular weight excluding hydrogens is 372 g/mol. The molecule has 164 valence electrons. The van der Waals surface area contributed by atoms with Crippen molar-refractivity contribution in [3.05, 3.63) is 65.7 Å². The molecule has 0 radical (unpaired) electrons. The van der Waals surface area contributed by atoms with Gasteiger partial charge in [0, 0.05) is 24.9 Å². The molecule has 0 aliphatic heterocycles. The topological polar surface area (TPSA) is 32.8 Å². The molecule has 2 aromatic carbocycles. The van der Waals surface area contributed by atoms with Gasteiger partial charge in [-0.2, -0.15) is 0 Å². The number of hydrogen-bond donors (Lipinski definition) is 0. The number of carbonyl (C=O) groups is 1. The molecule has 30 heavy (non-hydrogen) atoms. The van der Waals surface area contributed by atoms with E-state index in [1.165, 1.54) is 5.56 Å². The van der Waals surface area contributed by atoms with Crippen molar-refractivity contribution in [3.8, 4) is 0 Å². The molecule has 0 aliphatic carbocycles. The second kappa shape index (κ2) is 10.2. The first-order chi connectivity index (χ1) is 14.3. The van der Waals surface area contributed by atoms with E-state index in [1.807, 2.05) is 56.6 Å². The van der Waals surface area contributed by atoms with Crippen molar-refractivity contribution >= 4 is 11.5 Å². The zero-order valence-corrected chi connectivity index (χ0v) is 19.7. The molecule has 2 rings (SSSR count). The number of likely N-dealkylation sites (N-methyl/N-ethyl adjacent to an activating group) is 1. The maximum atomic E-state index is 13.7. The molecule has 2 unspecified atom stereocenters. The number of carbonyl (C=O) groups excluding carboxylic acids is 1. The van der Waals surface area contributed by atoms with Gasteiger partial charge < -0.3 is 9.64 Å². The Hall–Kier alpha value is -2.17. The van der Waals surface area contributed by atoms with Crippen molar-refractivity contribution in [3.63, 3.8) is 0 Å². The zero-order valence-electron chi connectivity index (χ0n) is 19.7. The average molecular weight is 411 g/mol. The Labute approximate surface area is 182 Å². The molecule has 0 spiro atoms. The fourth-order valence-electron chi connectivity index (χ4n) is 4.27. The Kier molecular flexibility index (Phi) is 8.22. The third-order valence-electron chi connectivity index (χ3n) is 6.63. The highest BCUT2D eigenvalue weighted by Gasteiger charge is 2.39. The molecule has 2 atom stereocenters. The van der Waals surface area contributed by atoms with Crippen LogP contribution < -0.4 is 4.90 Å². The van der Waals surface area contributed by atoms with Crippen LogP contribution in [-0.4, -0.2) is 49.7 Å². The third kappa shape index (κ3) is 4.76. The van der Waals surface area contributed by atoms with Gasteiger partial charge in [0.25, 0.3) is 0 Å². The lowest BCUT2D eigenvalue weighted by Gasteiger charge is -2.41. The molecule has 4 heteroatoms. The number of ether oxygens (including phenoxy) is 1. The molecule has 0 heterocycles. The van der Waals surface area contributed by atoms with Gasteiger partial charge in [0.1, 0.15) is 5.72 Å². The number of benzene rings is 2. The summed E-state index contributed by atoms with van der Waals surface area (Å²) in [6.45, 7) is 9.28. The monoisotopic (exact) mass is 410 g/mol. The van der Waals surface area contributed by atoms with Gasteiger partial charge in [-0.15, -0.1) is 0 Å². The number of anilines is 1. The van der Waals surface area contributed by atoms with Crippen molar-refractivity contribution in [2.45, 2.75) is 58.2 Å². The Morgan fingerprint density at radius 1 is 0.933 bits per heavy atom. The molecule has 0 saturated heterocycles. The summed E-state index contributed by atoms with van der Waals surface area (Å²) in [6.07, 6.45) is 2.30. The molecule has 0 fully saturated rings. The van der Waals surface area contributed by atoms with E-state index in [4.69, 9.17) is 4.74 Å². The van der Waals surface area contributed by atoms with Gasteiger partial charge in [-0.25, -0.2) is 0 Å². The first-order valence-corrected chi connectivity index (χ1v) is 11.0. The predicted molar refractivity (Wildman–Crippen MR) is 126 cm³/mol. The molecule has 0 amide bonds. The van der Waals surface area contributed by atoms with Crippen LogP contribution in [0.4, 0.5) is 5.69 Å². The van der Waals surface area contributed by atoms with Gasteiger partial charge in [0.2, 0.25) is 0 Å². The molecule has 0 aromatic heterocycles. The minimum atomic E-state index is -0.572. The van der Waals surface area contributed by atoms with Crippen LogP contribution in [-0.2, 0) is 11.2 Å². The Morgan fingerprint density at radius 3 is 1.97 bits per heavy atom. The number of hydrogen-bond acceptors (Lipinski definition) is 4. The highest BCUT2D eigenvalue weighted by Crippen LogP contribution is 2.31. The fourth-order valence-corrected chi connectivity index (χ4v) is 4.27. The first-order valence-electron chi connectivity index (χ1n) is 11.0. The lowest BCUT2D eigenvalue weighted by Crippen LogP contribution is -2.52. The first kappa shape index (κ1) is 24.1. The second-order valence-corrected chi connectivity index (χ2v) is 8.29. The zero-order chi connectivity index (χ0) is 22.4. The quantitative estimate of drug-likeness (QED) is 0.366. The summed E-state index contributed by atoms with van der Waals surface area (Å²) in [7, 11) is 5.76. The predicted octanol–water partition coefficient (Wildman–Crippen LogP) is 5.42. The van der Waals surface area contributed by atoms with Crippen LogP contribution in [0.25, 0.3) is 0 Å². The molecule has 0 aliphatic rings. The average Bonchev–Trinajstić information content (AvgIpc) is 2.78. The van der Waals surface area contributed by atoms with E-state index in [0.717, 1.165) is 30.6 Å². The van der Waals surface area contributed by atoms with E-state index in [-0.39, 0.29) is 11.5 Å². The summed E-state index contributed by atoms with van der Waals surface area (Å²) in [5.41, 5.74) is 2.04. The van der Waals surface area contributed by atoms with Crippen LogP contribution in [0.5, 0.6) is 0 Å². The van der Waals surface area contributed by atoms with Gasteiger partial charge in [-0.3, -0.25) is 9.69 Å². The highest BCUT2D eigenvalue weighted by atomic mass is 16.5. The van der Waals surface area contributed by atoms with Crippen molar-refractivity contribution in [1.82, 2.24) is 4.90 Å². The van der Waals surface area contributed by atoms with E-state index in [2.05, 4.69) is 49.6 Å². The van der Waals surface area contributed by atoms with Crippen LogP contribution in [0.2, 0.25) is 0 Å². The largest absolute Gasteiger partial charge is 0.359 e. The van der Waals surface area contributed by atoms with Crippen LogP contribution in [0, 0.1) is 0 Å². The van der Waals surface area contributed by atoms with Gasteiger partial charge in [0.05, 0.1) is 5.54 Å². The molecule has 0 bridgehead atoms. The number of rotatable bonds is 11. The normalized spacial score (nSPS) is 15.5. The lowest BCUT2D eigenvalue weighted by atomic mass is 9.80. The number of Topliss-reactive ketones (excluding diaryl/α,β-unsaturated/α-hetero) is 1.